The Morgan fingerprint density at radius 1 is 1.26 bits per heavy atom. The summed E-state index contributed by atoms with van der Waals surface area (Å²) in [6.07, 6.45) is 2.01. The molecule has 27 heavy (non-hydrogen) atoms. The lowest BCUT2D eigenvalue weighted by Gasteiger charge is -2.43. The summed E-state index contributed by atoms with van der Waals surface area (Å²) in [6, 6.07) is 9.78. The molecular formula is C21H32O5Si. The molecule has 0 bridgehead atoms. The zero-order valence-corrected chi connectivity index (χ0v) is 18.2. The minimum atomic E-state index is -2.02. The van der Waals surface area contributed by atoms with Crippen molar-refractivity contribution in [2.75, 3.05) is 13.2 Å². The van der Waals surface area contributed by atoms with Gasteiger partial charge in [-0.05, 0) is 31.1 Å². The molecule has 1 fully saturated rings. The van der Waals surface area contributed by atoms with Gasteiger partial charge < -0.3 is 18.6 Å². The van der Waals surface area contributed by atoms with E-state index in [-0.39, 0.29) is 23.2 Å². The Labute approximate surface area is 163 Å². The molecule has 1 heterocycles. The van der Waals surface area contributed by atoms with E-state index in [1.54, 1.807) is 13.0 Å². The second-order valence-electron chi connectivity index (χ2n) is 8.20. The molecule has 3 atom stereocenters. The van der Waals surface area contributed by atoms with Gasteiger partial charge in [0.1, 0.15) is 6.10 Å². The summed E-state index contributed by atoms with van der Waals surface area (Å²) in [7, 11) is -2.02. The van der Waals surface area contributed by atoms with Crippen LogP contribution in [0.15, 0.2) is 42.5 Å². The molecular weight excluding hydrogens is 360 g/mol. The van der Waals surface area contributed by atoms with Crippen molar-refractivity contribution in [2.24, 2.45) is 0 Å². The third kappa shape index (κ3) is 6.00. The van der Waals surface area contributed by atoms with Crippen molar-refractivity contribution in [3.8, 4) is 0 Å². The van der Waals surface area contributed by atoms with E-state index in [1.165, 1.54) is 6.08 Å². The summed E-state index contributed by atoms with van der Waals surface area (Å²) in [4.78, 5) is 11.8. The maximum atomic E-state index is 11.8. The predicted octanol–water partition coefficient (Wildman–Crippen LogP) is 4.61. The second kappa shape index (κ2) is 9.15. The molecule has 1 saturated heterocycles. The lowest BCUT2D eigenvalue weighted by Crippen LogP contribution is -2.51. The minimum absolute atomic E-state index is 0.0681. The topological polar surface area (TPSA) is 54.0 Å². The number of hydrogen-bond donors (Lipinski definition) is 0. The highest BCUT2D eigenvalue weighted by Gasteiger charge is 2.42. The van der Waals surface area contributed by atoms with Gasteiger partial charge in [-0.1, -0.05) is 51.1 Å². The van der Waals surface area contributed by atoms with Crippen LogP contribution in [0.5, 0.6) is 0 Å². The zero-order chi connectivity index (χ0) is 20.1. The predicted molar refractivity (Wildman–Crippen MR) is 108 cm³/mol. The molecule has 2 rings (SSSR count). The Balaban J connectivity index is 2.18. The molecule has 1 aromatic carbocycles. The fraction of sp³-hybridized carbons (Fsp3) is 0.571. The van der Waals surface area contributed by atoms with Crippen LogP contribution in [-0.2, 0) is 23.4 Å². The smallest absolute Gasteiger partial charge is 0.330 e. The fourth-order valence-corrected chi connectivity index (χ4v) is 3.83. The lowest BCUT2D eigenvalue weighted by molar-refractivity contribution is -0.240. The number of benzene rings is 1. The first-order valence-corrected chi connectivity index (χ1v) is 12.4. The van der Waals surface area contributed by atoms with Crippen LogP contribution in [-0.4, -0.2) is 39.7 Å². The van der Waals surface area contributed by atoms with E-state index < -0.39 is 14.6 Å². The van der Waals surface area contributed by atoms with Gasteiger partial charge in [-0.25, -0.2) is 4.79 Å². The Kier molecular flexibility index (Phi) is 7.39. The van der Waals surface area contributed by atoms with Crippen molar-refractivity contribution in [3.05, 3.63) is 48.0 Å². The number of rotatable bonds is 6. The molecule has 0 spiro atoms. The highest BCUT2D eigenvalue weighted by molar-refractivity contribution is 6.74. The number of ether oxygens (including phenoxy) is 3. The normalized spacial score (nSPS) is 24.1. The van der Waals surface area contributed by atoms with Crippen LogP contribution in [0, 0.1) is 0 Å². The summed E-state index contributed by atoms with van der Waals surface area (Å²) in [5.41, 5.74) is 0.942. The van der Waals surface area contributed by atoms with E-state index in [4.69, 9.17) is 18.6 Å². The zero-order valence-electron chi connectivity index (χ0n) is 17.2. The quantitative estimate of drug-likeness (QED) is 0.402. The summed E-state index contributed by atoms with van der Waals surface area (Å²) in [5, 5.41) is 0.0681. The second-order valence-corrected chi connectivity index (χ2v) is 13.0. The molecule has 1 aliphatic heterocycles. The average Bonchev–Trinajstić information content (AvgIpc) is 2.60. The number of esters is 1. The highest BCUT2D eigenvalue weighted by Crippen LogP contribution is 2.39. The van der Waals surface area contributed by atoms with Crippen LogP contribution in [0.1, 0.15) is 39.5 Å². The van der Waals surface area contributed by atoms with E-state index in [1.807, 2.05) is 30.3 Å². The van der Waals surface area contributed by atoms with Crippen LogP contribution < -0.4 is 0 Å². The number of hydrogen-bond acceptors (Lipinski definition) is 5. The minimum Gasteiger partial charge on any atom is -0.463 e. The first-order chi connectivity index (χ1) is 12.6. The van der Waals surface area contributed by atoms with Gasteiger partial charge in [-0.2, -0.15) is 0 Å². The molecule has 0 unspecified atom stereocenters. The van der Waals surface area contributed by atoms with Gasteiger partial charge in [-0.3, -0.25) is 0 Å². The van der Waals surface area contributed by atoms with Gasteiger partial charge in [0.2, 0.25) is 0 Å². The summed E-state index contributed by atoms with van der Waals surface area (Å²) < 4.78 is 23.6. The van der Waals surface area contributed by atoms with Crippen LogP contribution >= 0.6 is 0 Å². The van der Waals surface area contributed by atoms with Crippen LogP contribution in [0.25, 0.3) is 0 Å². The fourth-order valence-electron chi connectivity index (χ4n) is 2.52. The molecule has 1 aromatic rings. The lowest BCUT2D eigenvalue weighted by atomic mass is 10.1. The molecule has 1 aliphatic rings. The molecule has 0 N–H and O–H groups in total. The van der Waals surface area contributed by atoms with Crippen molar-refractivity contribution in [1.29, 1.82) is 0 Å². The standard InChI is InChI=1S/C21H32O5Si/c1-7-23-19(22)14-13-17-18(26-27(5,6)21(2,3)4)15-24-20(25-17)16-11-9-8-10-12-16/h8-14,17-18,20H,7,15H2,1-6H3/b14-13+/t17-,18-,20+/m1/s1. The average molecular weight is 393 g/mol. The largest absolute Gasteiger partial charge is 0.463 e. The maximum absolute atomic E-state index is 11.8. The van der Waals surface area contributed by atoms with Gasteiger partial charge in [0.05, 0.1) is 19.3 Å². The first kappa shape index (κ1) is 21.8. The van der Waals surface area contributed by atoms with E-state index in [2.05, 4.69) is 33.9 Å². The number of carbonyl (C=O) groups is 1. The van der Waals surface area contributed by atoms with E-state index >= 15 is 0 Å². The van der Waals surface area contributed by atoms with Gasteiger partial charge in [0.15, 0.2) is 14.6 Å². The van der Waals surface area contributed by atoms with Crippen molar-refractivity contribution >= 4 is 14.3 Å². The van der Waals surface area contributed by atoms with Gasteiger partial charge in [-0.15, -0.1) is 0 Å². The Morgan fingerprint density at radius 3 is 2.52 bits per heavy atom. The van der Waals surface area contributed by atoms with Crippen molar-refractivity contribution in [3.63, 3.8) is 0 Å². The summed E-state index contributed by atoms with van der Waals surface area (Å²) >= 11 is 0. The third-order valence-corrected chi connectivity index (χ3v) is 9.60. The molecule has 5 nitrogen and oxygen atoms in total. The molecule has 150 valence electrons. The molecule has 0 radical (unpaired) electrons. The van der Waals surface area contributed by atoms with Gasteiger partial charge in [0, 0.05) is 11.6 Å². The highest BCUT2D eigenvalue weighted by atomic mass is 28.4. The van der Waals surface area contributed by atoms with Crippen LogP contribution in [0.4, 0.5) is 0 Å². The van der Waals surface area contributed by atoms with Crippen LogP contribution in [0.2, 0.25) is 18.1 Å². The molecule has 0 aliphatic carbocycles. The van der Waals surface area contributed by atoms with Gasteiger partial charge >= 0.3 is 5.97 Å². The molecule has 0 aromatic heterocycles. The SMILES string of the molecule is CCOC(=O)/C=C/[C@H]1O[C@@H](c2ccccc2)OC[C@H]1O[Si](C)(C)C(C)(C)C. The molecule has 6 heteroatoms. The van der Waals surface area contributed by atoms with Crippen molar-refractivity contribution in [1.82, 2.24) is 0 Å². The van der Waals surface area contributed by atoms with Crippen molar-refractivity contribution < 1.29 is 23.4 Å². The van der Waals surface area contributed by atoms with E-state index in [0.717, 1.165) is 5.56 Å². The monoisotopic (exact) mass is 392 g/mol. The number of carbonyl (C=O) groups excluding carboxylic acids is 1. The molecule has 0 amide bonds. The van der Waals surface area contributed by atoms with Gasteiger partial charge in [0.25, 0.3) is 0 Å². The van der Waals surface area contributed by atoms with E-state index in [9.17, 15) is 4.79 Å². The van der Waals surface area contributed by atoms with Crippen molar-refractivity contribution in [2.45, 2.75) is 64.3 Å². The summed E-state index contributed by atoms with van der Waals surface area (Å²) in [6.45, 7) is 13.5. The van der Waals surface area contributed by atoms with Crippen LogP contribution in [0.3, 0.4) is 0 Å². The third-order valence-electron chi connectivity index (χ3n) is 5.09. The maximum Gasteiger partial charge on any atom is 0.330 e. The first-order valence-electron chi connectivity index (χ1n) is 9.49. The Hall–Kier alpha value is -1.47. The Morgan fingerprint density at radius 2 is 1.93 bits per heavy atom. The Bertz CT molecular complexity index is 636. The summed E-state index contributed by atoms with van der Waals surface area (Å²) in [5.74, 6) is -0.380. The molecule has 0 saturated carbocycles. The van der Waals surface area contributed by atoms with E-state index in [0.29, 0.717) is 13.2 Å².